The van der Waals surface area contributed by atoms with E-state index < -0.39 is 11.0 Å². The molecule has 2 unspecified atom stereocenters. The second kappa shape index (κ2) is 9.78. The van der Waals surface area contributed by atoms with Crippen LogP contribution in [0.15, 0.2) is 30.3 Å². The zero-order valence-electron chi connectivity index (χ0n) is 23.8. The van der Waals surface area contributed by atoms with Crippen molar-refractivity contribution in [1.82, 2.24) is 9.80 Å². The molecule has 2 saturated carbocycles. The van der Waals surface area contributed by atoms with Crippen molar-refractivity contribution in [2.45, 2.75) is 81.1 Å². The molecule has 218 valence electrons. The number of halogens is 2. The molecule has 2 aliphatic heterocycles. The highest BCUT2D eigenvalue weighted by Crippen LogP contribution is 2.67. The van der Waals surface area contributed by atoms with Gasteiger partial charge in [-0.15, -0.1) is 0 Å². The molecule has 0 aromatic heterocycles. The van der Waals surface area contributed by atoms with Gasteiger partial charge in [-0.05, 0) is 80.3 Å². The molecular weight excluding hydrogens is 563 g/mol. The summed E-state index contributed by atoms with van der Waals surface area (Å²) in [5.74, 6) is 1.88. The molecule has 0 N–H and O–H groups in total. The van der Waals surface area contributed by atoms with E-state index in [1.165, 1.54) is 25.3 Å². The van der Waals surface area contributed by atoms with Gasteiger partial charge in [-0.2, -0.15) is 0 Å². The summed E-state index contributed by atoms with van der Waals surface area (Å²) >= 11 is 12.4. The summed E-state index contributed by atoms with van der Waals surface area (Å²) in [6.45, 7) is 3.48. The van der Waals surface area contributed by atoms with Gasteiger partial charge in [0.2, 0.25) is 5.91 Å². The topological polar surface area (TPSA) is 68.3 Å². The summed E-state index contributed by atoms with van der Waals surface area (Å²) in [4.78, 5) is 31.1. The zero-order chi connectivity index (χ0) is 28.7. The van der Waals surface area contributed by atoms with E-state index in [4.69, 9.17) is 37.4 Å². The maximum absolute atomic E-state index is 13.7. The van der Waals surface area contributed by atoms with Crippen molar-refractivity contribution < 1.29 is 23.8 Å². The molecule has 3 aliphatic carbocycles. The normalized spacial score (nSPS) is 31.2. The van der Waals surface area contributed by atoms with Crippen LogP contribution in [0.2, 0.25) is 10.0 Å². The monoisotopic (exact) mass is 598 g/mol. The average Bonchev–Trinajstić information content (AvgIpc) is 3.69. The summed E-state index contributed by atoms with van der Waals surface area (Å²) in [7, 11) is 3.53. The van der Waals surface area contributed by atoms with Gasteiger partial charge in [0.1, 0.15) is 11.7 Å². The van der Waals surface area contributed by atoms with Crippen molar-refractivity contribution in [3.8, 4) is 11.5 Å². The Morgan fingerprint density at radius 2 is 1.93 bits per heavy atom. The largest absolute Gasteiger partial charge is 0.493 e. The number of methoxy groups -OCH3 is 1. The highest BCUT2D eigenvalue weighted by atomic mass is 35.5. The third-order valence-electron chi connectivity index (χ3n) is 10.5. The Hall–Kier alpha value is -2.48. The van der Waals surface area contributed by atoms with Gasteiger partial charge in [-0.1, -0.05) is 35.3 Å². The molecular formula is C32H36Cl2N2O5. The lowest BCUT2D eigenvalue weighted by Crippen LogP contribution is -2.79. The number of ether oxygens (including phenoxy) is 3. The van der Waals surface area contributed by atoms with E-state index in [1.807, 2.05) is 24.1 Å². The van der Waals surface area contributed by atoms with Gasteiger partial charge >= 0.3 is 5.97 Å². The van der Waals surface area contributed by atoms with E-state index in [1.54, 1.807) is 19.2 Å². The predicted molar refractivity (Wildman–Crippen MR) is 156 cm³/mol. The molecule has 5 atom stereocenters. The van der Waals surface area contributed by atoms with Gasteiger partial charge in [0, 0.05) is 26.1 Å². The average molecular weight is 600 g/mol. The first-order chi connectivity index (χ1) is 19.7. The molecule has 9 heteroatoms. The molecule has 2 aromatic rings. The minimum atomic E-state index is -0.731. The smallest absolute Gasteiger partial charge is 0.303 e. The number of esters is 1. The Labute approximate surface area is 251 Å². The fourth-order valence-electron chi connectivity index (χ4n) is 8.57. The highest BCUT2D eigenvalue weighted by Gasteiger charge is 2.75. The number of carbonyl (C=O) groups is 2. The van der Waals surface area contributed by atoms with Crippen LogP contribution < -0.4 is 9.47 Å². The first-order valence-corrected chi connectivity index (χ1v) is 15.4. The van der Waals surface area contributed by atoms with Gasteiger partial charge in [0.05, 0.1) is 41.1 Å². The van der Waals surface area contributed by atoms with Crippen molar-refractivity contribution in [3.63, 3.8) is 0 Å². The number of rotatable bonds is 7. The first-order valence-electron chi connectivity index (χ1n) is 14.7. The van der Waals surface area contributed by atoms with Gasteiger partial charge < -0.3 is 19.1 Å². The Balaban J connectivity index is 1.31. The molecule has 1 spiro atoms. The van der Waals surface area contributed by atoms with Crippen LogP contribution in [0.4, 0.5) is 0 Å². The molecule has 5 aliphatic rings. The third-order valence-corrected chi connectivity index (χ3v) is 11.2. The number of piperidine rings is 1. The zero-order valence-corrected chi connectivity index (χ0v) is 25.3. The molecule has 1 amide bonds. The van der Waals surface area contributed by atoms with Crippen molar-refractivity contribution in [1.29, 1.82) is 0 Å². The number of likely N-dealkylation sites (N-methyl/N-ethyl adjacent to an activating group) is 1. The predicted octanol–water partition coefficient (Wildman–Crippen LogP) is 5.21. The maximum Gasteiger partial charge on any atom is 0.303 e. The number of likely N-dealkylation sites (tertiary alicyclic amines) is 1. The summed E-state index contributed by atoms with van der Waals surface area (Å²) in [6.07, 6.45) is 5.32. The van der Waals surface area contributed by atoms with Crippen LogP contribution in [-0.2, 0) is 32.6 Å². The molecule has 1 saturated heterocycles. The number of carbonyl (C=O) groups excluding carboxylic acids is 2. The third kappa shape index (κ3) is 4.02. The summed E-state index contributed by atoms with van der Waals surface area (Å²) < 4.78 is 19.3. The number of amides is 1. The van der Waals surface area contributed by atoms with Crippen molar-refractivity contribution >= 4 is 35.1 Å². The summed E-state index contributed by atoms with van der Waals surface area (Å²) in [6, 6.07) is 9.34. The highest BCUT2D eigenvalue weighted by molar-refractivity contribution is 6.42. The molecule has 2 aromatic carbocycles. The number of benzene rings is 2. The minimum Gasteiger partial charge on any atom is -0.493 e. The SMILES string of the molecule is COc1ccc2c3c1OC1C(N(C)C(=O)Cc4ccc(Cl)c(Cl)c4)CC[C@@]4(OC(C)=O)[C@@H](C2)N(CC2CC2)CC[C@]314. The van der Waals surface area contributed by atoms with E-state index in [0.717, 1.165) is 48.7 Å². The fourth-order valence-corrected chi connectivity index (χ4v) is 8.89. The van der Waals surface area contributed by atoms with Gasteiger partial charge in [0.25, 0.3) is 0 Å². The van der Waals surface area contributed by atoms with E-state index in [2.05, 4.69) is 11.0 Å². The van der Waals surface area contributed by atoms with Crippen LogP contribution in [-0.4, -0.2) is 72.7 Å². The van der Waals surface area contributed by atoms with Crippen molar-refractivity contribution in [2.24, 2.45) is 5.92 Å². The Morgan fingerprint density at radius 1 is 1.12 bits per heavy atom. The molecule has 7 rings (SSSR count). The van der Waals surface area contributed by atoms with Crippen molar-refractivity contribution in [2.75, 3.05) is 27.2 Å². The van der Waals surface area contributed by atoms with E-state index >= 15 is 0 Å². The van der Waals surface area contributed by atoms with Crippen LogP contribution in [0.5, 0.6) is 11.5 Å². The van der Waals surface area contributed by atoms with Gasteiger partial charge in [0.15, 0.2) is 11.5 Å². The lowest BCUT2D eigenvalue weighted by Gasteiger charge is -2.65. The Bertz CT molecular complexity index is 1430. The molecule has 7 nitrogen and oxygen atoms in total. The first kappa shape index (κ1) is 27.4. The van der Waals surface area contributed by atoms with Crippen LogP contribution in [0, 0.1) is 5.92 Å². The molecule has 2 bridgehead atoms. The number of hydrogen-bond acceptors (Lipinski definition) is 6. The molecule has 41 heavy (non-hydrogen) atoms. The van der Waals surface area contributed by atoms with Gasteiger partial charge in [-0.3, -0.25) is 14.5 Å². The van der Waals surface area contributed by atoms with E-state index in [-0.39, 0.29) is 36.5 Å². The quantitative estimate of drug-likeness (QED) is 0.408. The molecule has 3 fully saturated rings. The van der Waals surface area contributed by atoms with E-state index in [9.17, 15) is 9.59 Å². The second-order valence-corrected chi connectivity index (χ2v) is 13.4. The number of hydrogen-bond donors (Lipinski definition) is 0. The maximum atomic E-state index is 13.7. The molecule has 0 radical (unpaired) electrons. The van der Waals surface area contributed by atoms with Crippen LogP contribution in [0.1, 0.15) is 55.7 Å². The second-order valence-electron chi connectivity index (χ2n) is 12.6. The standard InChI is InChI=1S/C32H36Cl2N2O5/c1-18(37)41-32-11-10-24(35(2)27(38)15-20-6-8-22(33)23(34)14-20)30-31(32)12-13-36(17-19-4-5-19)26(32)16-21-7-9-25(39-3)29(40-30)28(21)31/h6-9,14,19,24,26,30H,4-5,10-13,15-17H2,1-3H3/t24?,26-,30?,31+,32-/m1/s1. The fraction of sp³-hybridized carbons (Fsp3) is 0.562. The molecule has 2 heterocycles. The summed E-state index contributed by atoms with van der Waals surface area (Å²) in [5.41, 5.74) is 1.88. The number of nitrogens with zero attached hydrogens (tertiary/aromatic N) is 2. The lowest BCUT2D eigenvalue weighted by molar-refractivity contribution is -0.223. The van der Waals surface area contributed by atoms with Crippen LogP contribution in [0.3, 0.4) is 0 Å². The van der Waals surface area contributed by atoms with Gasteiger partial charge in [-0.25, -0.2) is 0 Å². The van der Waals surface area contributed by atoms with Crippen molar-refractivity contribution in [3.05, 3.63) is 57.1 Å². The minimum absolute atomic E-state index is 0.0185. The van der Waals surface area contributed by atoms with Crippen LogP contribution >= 0.6 is 23.2 Å². The van der Waals surface area contributed by atoms with Crippen LogP contribution in [0.25, 0.3) is 0 Å². The Kier molecular flexibility index (Phi) is 6.53. The van der Waals surface area contributed by atoms with E-state index in [0.29, 0.717) is 28.6 Å². The lowest BCUT2D eigenvalue weighted by atomic mass is 9.48. The summed E-state index contributed by atoms with van der Waals surface area (Å²) in [5, 5.41) is 0.897. The Morgan fingerprint density at radius 3 is 2.63 bits per heavy atom.